The molecule has 0 radical (unpaired) electrons. The van der Waals surface area contributed by atoms with E-state index in [1.807, 2.05) is 48.7 Å². The predicted octanol–water partition coefficient (Wildman–Crippen LogP) is 4.35. The number of hydrogen-bond acceptors (Lipinski definition) is 4. The number of aromatic nitrogens is 1. The first-order valence-corrected chi connectivity index (χ1v) is 8.67. The zero-order valence-corrected chi connectivity index (χ0v) is 14.5. The van der Waals surface area contributed by atoms with Gasteiger partial charge in [-0.25, -0.2) is 4.79 Å². The Bertz CT molecular complexity index is 893. The van der Waals surface area contributed by atoms with Crippen LogP contribution >= 0.6 is 11.3 Å². The van der Waals surface area contributed by atoms with E-state index in [1.165, 1.54) is 11.3 Å². The summed E-state index contributed by atoms with van der Waals surface area (Å²) in [5, 5.41) is 1.90. The summed E-state index contributed by atoms with van der Waals surface area (Å²) in [6.45, 7) is 1.70. The van der Waals surface area contributed by atoms with Gasteiger partial charge in [-0.1, -0.05) is 35.9 Å². The van der Waals surface area contributed by atoms with Crippen LogP contribution in [0.1, 0.15) is 26.5 Å². The Balaban J connectivity index is 1.80. The summed E-state index contributed by atoms with van der Waals surface area (Å²) < 4.78 is 5.25. The van der Waals surface area contributed by atoms with Gasteiger partial charge < -0.3 is 9.72 Å². The van der Waals surface area contributed by atoms with Crippen molar-refractivity contribution in [1.29, 1.82) is 0 Å². The Hall–Kier alpha value is -2.92. The highest BCUT2D eigenvalue weighted by Gasteiger charge is 2.17. The first-order chi connectivity index (χ1) is 12.1. The van der Waals surface area contributed by atoms with Crippen molar-refractivity contribution in [1.82, 2.24) is 4.98 Å². The van der Waals surface area contributed by atoms with Crippen LogP contribution in [0.4, 0.5) is 0 Å². The molecule has 1 N–H and O–H groups in total. The molecule has 0 aliphatic carbocycles. The van der Waals surface area contributed by atoms with E-state index in [9.17, 15) is 9.59 Å². The second-order valence-electron chi connectivity index (χ2n) is 5.53. The fourth-order valence-corrected chi connectivity index (χ4v) is 3.11. The maximum atomic E-state index is 12.6. The van der Waals surface area contributed by atoms with Crippen LogP contribution in [0.5, 0.6) is 0 Å². The number of nitrogens with one attached hydrogen (secondary N) is 1. The number of ether oxygens (including phenoxy) is 1. The number of hydrogen-bond donors (Lipinski definition) is 1. The van der Waals surface area contributed by atoms with E-state index in [-0.39, 0.29) is 12.4 Å². The number of thiophene rings is 1. The fraction of sp³-hybridized carbons (Fsp3) is 0.100. The average Bonchev–Trinajstić information content (AvgIpc) is 3.30. The number of H-pyrrole nitrogens is 1. The Labute approximate surface area is 149 Å². The third kappa shape index (κ3) is 4.33. The fourth-order valence-electron chi connectivity index (χ4n) is 2.38. The van der Waals surface area contributed by atoms with Crippen molar-refractivity contribution in [2.75, 3.05) is 6.61 Å². The van der Waals surface area contributed by atoms with Crippen molar-refractivity contribution in [3.8, 4) is 0 Å². The van der Waals surface area contributed by atoms with Gasteiger partial charge in [0.25, 0.3) is 0 Å². The first-order valence-electron chi connectivity index (χ1n) is 7.79. The molecular formula is C20H17NO3S. The highest BCUT2D eigenvalue weighted by Crippen LogP contribution is 2.24. The molecule has 5 heteroatoms. The topological polar surface area (TPSA) is 59.2 Å². The SMILES string of the molecule is Cc1cccc(/C=C(/C(=O)OCC(=O)c2ccc[nH]2)c2cccs2)c1. The number of Topliss-reactive ketones (excluding diaryl/α,β-unsaturated/α-hetero) is 1. The van der Waals surface area contributed by atoms with Crippen LogP contribution in [0.3, 0.4) is 0 Å². The van der Waals surface area contributed by atoms with Gasteiger partial charge in [-0.3, -0.25) is 4.79 Å². The second-order valence-corrected chi connectivity index (χ2v) is 6.48. The number of benzene rings is 1. The predicted molar refractivity (Wildman–Crippen MR) is 99.5 cm³/mol. The van der Waals surface area contributed by atoms with E-state index >= 15 is 0 Å². The van der Waals surface area contributed by atoms with E-state index in [2.05, 4.69) is 4.98 Å². The Morgan fingerprint density at radius 1 is 1.16 bits per heavy atom. The van der Waals surface area contributed by atoms with Gasteiger partial charge in [-0.2, -0.15) is 0 Å². The number of carbonyl (C=O) groups is 2. The van der Waals surface area contributed by atoms with Crippen LogP contribution < -0.4 is 0 Å². The Morgan fingerprint density at radius 2 is 2.04 bits per heavy atom. The summed E-state index contributed by atoms with van der Waals surface area (Å²) in [5.41, 5.74) is 2.89. The molecule has 25 heavy (non-hydrogen) atoms. The third-order valence-corrected chi connectivity index (χ3v) is 4.50. The normalized spacial score (nSPS) is 11.3. The molecule has 0 bridgehead atoms. The molecule has 0 aliphatic rings. The molecule has 0 saturated heterocycles. The summed E-state index contributed by atoms with van der Waals surface area (Å²) in [7, 11) is 0. The molecule has 0 amide bonds. The molecule has 0 saturated carbocycles. The van der Waals surface area contributed by atoms with Crippen LogP contribution in [0, 0.1) is 6.92 Å². The van der Waals surface area contributed by atoms with Gasteiger partial charge in [-0.15, -0.1) is 11.3 Å². The van der Waals surface area contributed by atoms with Gasteiger partial charge in [0.05, 0.1) is 11.3 Å². The molecule has 3 rings (SSSR count). The average molecular weight is 351 g/mol. The minimum atomic E-state index is -0.510. The van der Waals surface area contributed by atoms with E-state index in [0.717, 1.165) is 16.0 Å². The highest BCUT2D eigenvalue weighted by molar-refractivity contribution is 7.11. The van der Waals surface area contributed by atoms with Crippen molar-refractivity contribution in [2.24, 2.45) is 0 Å². The van der Waals surface area contributed by atoms with Crippen molar-refractivity contribution in [3.05, 3.63) is 81.8 Å². The Morgan fingerprint density at radius 3 is 2.72 bits per heavy atom. The number of carbonyl (C=O) groups excluding carboxylic acids is 2. The second kappa shape index (κ2) is 7.77. The largest absolute Gasteiger partial charge is 0.454 e. The van der Waals surface area contributed by atoms with Crippen LogP contribution in [-0.4, -0.2) is 23.3 Å². The minimum Gasteiger partial charge on any atom is -0.454 e. The van der Waals surface area contributed by atoms with Gasteiger partial charge >= 0.3 is 5.97 Å². The summed E-state index contributed by atoms with van der Waals surface area (Å²) in [6.07, 6.45) is 3.45. The number of ketones is 1. The van der Waals surface area contributed by atoms with Gasteiger partial charge in [0.2, 0.25) is 5.78 Å². The number of esters is 1. The molecule has 2 aromatic heterocycles. The summed E-state index contributed by atoms with van der Waals surface area (Å²) in [5.74, 6) is -0.775. The van der Waals surface area contributed by atoms with Crippen molar-refractivity contribution in [2.45, 2.75) is 6.92 Å². The molecule has 2 heterocycles. The quantitative estimate of drug-likeness (QED) is 0.408. The third-order valence-electron chi connectivity index (χ3n) is 3.59. The lowest BCUT2D eigenvalue weighted by molar-refractivity contribution is -0.135. The van der Waals surface area contributed by atoms with E-state index < -0.39 is 5.97 Å². The zero-order chi connectivity index (χ0) is 17.6. The molecule has 0 unspecified atom stereocenters. The van der Waals surface area contributed by atoms with Crippen molar-refractivity contribution < 1.29 is 14.3 Å². The lowest BCUT2D eigenvalue weighted by atomic mass is 10.1. The van der Waals surface area contributed by atoms with Crippen molar-refractivity contribution in [3.63, 3.8) is 0 Å². The monoisotopic (exact) mass is 351 g/mol. The molecule has 0 aliphatic heterocycles. The highest BCUT2D eigenvalue weighted by atomic mass is 32.1. The van der Waals surface area contributed by atoms with Crippen molar-refractivity contribution >= 4 is 34.7 Å². The lowest BCUT2D eigenvalue weighted by Crippen LogP contribution is -2.15. The molecular weight excluding hydrogens is 334 g/mol. The summed E-state index contributed by atoms with van der Waals surface area (Å²) in [6, 6.07) is 15.0. The van der Waals surface area contributed by atoms with E-state index in [4.69, 9.17) is 4.74 Å². The zero-order valence-electron chi connectivity index (χ0n) is 13.7. The van der Waals surface area contributed by atoms with Crippen LogP contribution in [0.25, 0.3) is 11.6 Å². The molecule has 0 fully saturated rings. The number of rotatable bonds is 6. The molecule has 0 atom stereocenters. The van der Waals surface area contributed by atoms with E-state index in [0.29, 0.717) is 11.3 Å². The summed E-state index contributed by atoms with van der Waals surface area (Å²) >= 11 is 1.45. The minimum absolute atomic E-state index is 0.264. The molecule has 1 aromatic carbocycles. The van der Waals surface area contributed by atoms with Crippen LogP contribution in [-0.2, 0) is 9.53 Å². The lowest BCUT2D eigenvalue weighted by Gasteiger charge is -2.07. The van der Waals surface area contributed by atoms with Crippen LogP contribution in [0.2, 0.25) is 0 Å². The molecule has 126 valence electrons. The van der Waals surface area contributed by atoms with E-state index in [1.54, 1.807) is 24.4 Å². The van der Waals surface area contributed by atoms with Gasteiger partial charge in [0.1, 0.15) is 0 Å². The molecule has 3 aromatic rings. The van der Waals surface area contributed by atoms with Gasteiger partial charge in [0, 0.05) is 11.1 Å². The molecule has 0 spiro atoms. The first kappa shape index (κ1) is 16.9. The van der Waals surface area contributed by atoms with Gasteiger partial charge in [-0.05, 0) is 42.1 Å². The maximum absolute atomic E-state index is 12.6. The maximum Gasteiger partial charge on any atom is 0.340 e. The summed E-state index contributed by atoms with van der Waals surface area (Å²) in [4.78, 5) is 28.2. The standard InChI is InChI=1S/C20H17NO3S/c1-14-5-2-6-15(11-14)12-16(19-8-4-10-25-19)20(23)24-13-18(22)17-7-3-9-21-17/h2-12,21H,13H2,1H3/b16-12+. The smallest absolute Gasteiger partial charge is 0.340 e. The number of aryl methyl sites for hydroxylation is 1. The van der Waals surface area contributed by atoms with Crippen LogP contribution in [0.15, 0.2) is 60.1 Å². The number of aromatic amines is 1. The Kier molecular flexibility index (Phi) is 5.26. The molecule has 4 nitrogen and oxygen atoms in total. The van der Waals surface area contributed by atoms with Gasteiger partial charge in [0.15, 0.2) is 6.61 Å².